The number of hydrogen-bond acceptors (Lipinski definition) is 7. The summed E-state index contributed by atoms with van der Waals surface area (Å²) in [5.41, 5.74) is -0.929. The second kappa shape index (κ2) is 7.62. The summed E-state index contributed by atoms with van der Waals surface area (Å²) < 4.78 is 10.6. The van der Waals surface area contributed by atoms with Gasteiger partial charge in [-0.1, -0.05) is 0 Å². The van der Waals surface area contributed by atoms with Gasteiger partial charge in [0.1, 0.15) is 17.0 Å². The van der Waals surface area contributed by atoms with E-state index in [9.17, 15) is 14.4 Å². The molecule has 27 heavy (non-hydrogen) atoms. The highest BCUT2D eigenvalue weighted by Crippen LogP contribution is 2.31. The van der Waals surface area contributed by atoms with E-state index in [1.54, 1.807) is 41.5 Å². The second-order valence-electron chi connectivity index (χ2n) is 8.57. The van der Waals surface area contributed by atoms with Gasteiger partial charge in [0.15, 0.2) is 5.82 Å². The van der Waals surface area contributed by atoms with Crippen LogP contribution >= 0.6 is 0 Å². The average Bonchev–Trinajstić information content (AvgIpc) is 2.91. The minimum atomic E-state index is -0.894. The average molecular weight is 377 g/mol. The zero-order valence-corrected chi connectivity index (χ0v) is 16.7. The fraction of sp³-hybridized carbons (Fsp3) is 0.632. The summed E-state index contributed by atoms with van der Waals surface area (Å²) in [6.07, 6.45) is 2.73. The van der Waals surface area contributed by atoms with Crippen molar-refractivity contribution in [2.24, 2.45) is 0 Å². The van der Waals surface area contributed by atoms with Gasteiger partial charge in [0.2, 0.25) is 0 Å². The summed E-state index contributed by atoms with van der Waals surface area (Å²) in [7, 11) is 0. The third-order valence-electron chi connectivity index (χ3n) is 3.70. The van der Waals surface area contributed by atoms with Crippen LogP contribution in [-0.4, -0.2) is 39.1 Å². The number of Topliss-reactive ketones (excluding diaryl/α,β-unsaturated/α-hetero) is 1. The Kier molecular flexibility index (Phi) is 5.87. The van der Waals surface area contributed by atoms with Crippen molar-refractivity contribution >= 4 is 23.8 Å². The molecule has 8 heteroatoms. The Balaban J connectivity index is 2.27. The normalized spacial score (nSPS) is 17.6. The van der Waals surface area contributed by atoms with Gasteiger partial charge in [-0.05, 0) is 48.0 Å². The van der Waals surface area contributed by atoms with E-state index < -0.39 is 23.4 Å². The molecule has 1 aliphatic carbocycles. The number of anilines is 1. The van der Waals surface area contributed by atoms with Crippen LogP contribution in [-0.2, 0) is 14.3 Å². The smallest absolute Gasteiger partial charge is 0.425 e. The molecule has 1 heterocycles. The molecule has 1 unspecified atom stereocenters. The molecule has 1 saturated carbocycles. The molecule has 0 saturated heterocycles. The number of aromatic nitrogens is 2. The highest BCUT2D eigenvalue weighted by atomic mass is 16.6. The van der Waals surface area contributed by atoms with Gasteiger partial charge < -0.3 is 9.47 Å². The quantitative estimate of drug-likeness (QED) is 0.768. The first-order valence-electron chi connectivity index (χ1n) is 8.95. The number of amides is 2. The zero-order valence-electron chi connectivity index (χ0n) is 16.7. The van der Waals surface area contributed by atoms with Gasteiger partial charge in [-0.15, -0.1) is 0 Å². The number of carbonyl (C=O) groups is 3. The largest absolute Gasteiger partial charge is 0.443 e. The maximum atomic E-state index is 12.6. The molecule has 2 rings (SSSR count). The minimum absolute atomic E-state index is 0.00609. The van der Waals surface area contributed by atoms with Crippen LogP contribution in [0.5, 0.6) is 0 Å². The topological polar surface area (TPSA) is 98.7 Å². The Hall–Kier alpha value is -2.51. The molecule has 0 radical (unpaired) electrons. The number of carbonyl (C=O) groups excluding carboxylic acids is 3. The lowest BCUT2D eigenvalue weighted by Gasteiger charge is -2.28. The van der Waals surface area contributed by atoms with Crippen LogP contribution in [0.3, 0.4) is 0 Å². The maximum absolute atomic E-state index is 12.6. The molecular formula is C19H27N3O5. The number of ketones is 1. The van der Waals surface area contributed by atoms with Crippen LogP contribution in [0.15, 0.2) is 12.4 Å². The zero-order chi connectivity index (χ0) is 20.4. The van der Waals surface area contributed by atoms with Gasteiger partial charge in [-0.2, -0.15) is 4.90 Å². The van der Waals surface area contributed by atoms with Gasteiger partial charge in [0, 0.05) is 18.8 Å². The van der Waals surface area contributed by atoms with E-state index in [0.717, 1.165) is 11.3 Å². The lowest BCUT2D eigenvalue weighted by Crippen LogP contribution is -2.44. The maximum Gasteiger partial charge on any atom is 0.425 e. The van der Waals surface area contributed by atoms with E-state index in [1.807, 2.05) is 0 Å². The summed E-state index contributed by atoms with van der Waals surface area (Å²) in [5.74, 6) is 0.233. The third kappa shape index (κ3) is 6.01. The Morgan fingerprint density at radius 3 is 1.93 bits per heavy atom. The van der Waals surface area contributed by atoms with Crippen LogP contribution in [0.2, 0.25) is 0 Å². The molecule has 1 aromatic rings. The van der Waals surface area contributed by atoms with Crippen LogP contribution in [0.4, 0.5) is 15.4 Å². The Bertz CT molecular complexity index is 688. The van der Waals surface area contributed by atoms with E-state index in [2.05, 4.69) is 9.97 Å². The second-order valence-corrected chi connectivity index (χ2v) is 8.57. The molecule has 1 aromatic heterocycles. The Morgan fingerprint density at radius 1 is 1.00 bits per heavy atom. The Morgan fingerprint density at radius 2 is 1.56 bits per heavy atom. The van der Waals surface area contributed by atoms with Crippen molar-refractivity contribution in [3.05, 3.63) is 18.1 Å². The van der Waals surface area contributed by atoms with Crippen LogP contribution in [0.1, 0.15) is 72.4 Å². The molecule has 1 aliphatic rings. The molecule has 0 bridgehead atoms. The predicted octanol–water partition coefficient (Wildman–Crippen LogP) is 3.99. The lowest BCUT2D eigenvalue weighted by atomic mass is 10.1. The third-order valence-corrected chi connectivity index (χ3v) is 3.70. The molecule has 2 amide bonds. The fourth-order valence-corrected chi connectivity index (χ4v) is 2.60. The number of ether oxygens (including phenoxy) is 2. The molecule has 1 fully saturated rings. The highest BCUT2D eigenvalue weighted by molar-refractivity contribution is 6.08. The molecule has 0 aromatic carbocycles. The number of nitrogens with zero attached hydrogens (tertiary/aromatic N) is 3. The van der Waals surface area contributed by atoms with Crippen LogP contribution in [0.25, 0.3) is 0 Å². The summed E-state index contributed by atoms with van der Waals surface area (Å²) in [5, 5.41) is 0. The van der Waals surface area contributed by atoms with Gasteiger partial charge in [0.25, 0.3) is 0 Å². The van der Waals surface area contributed by atoms with Crippen molar-refractivity contribution in [2.45, 2.75) is 77.9 Å². The first-order chi connectivity index (χ1) is 12.4. The lowest BCUT2D eigenvalue weighted by molar-refractivity contribution is -0.117. The first kappa shape index (κ1) is 20.8. The molecule has 8 nitrogen and oxygen atoms in total. The first-order valence-corrected chi connectivity index (χ1v) is 8.95. The highest BCUT2D eigenvalue weighted by Gasteiger charge is 2.34. The van der Waals surface area contributed by atoms with Crippen molar-refractivity contribution < 1.29 is 23.9 Å². The molecule has 1 atom stereocenters. The van der Waals surface area contributed by atoms with E-state index in [-0.39, 0.29) is 17.5 Å². The molecular weight excluding hydrogens is 350 g/mol. The summed E-state index contributed by atoms with van der Waals surface area (Å²) in [6, 6.07) is 0. The van der Waals surface area contributed by atoms with Crippen molar-refractivity contribution in [1.29, 1.82) is 0 Å². The van der Waals surface area contributed by atoms with Crippen molar-refractivity contribution in [3.63, 3.8) is 0 Å². The van der Waals surface area contributed by atoms with Crippen molar-refractivity contribution in [2.75, 3.05) is 4.90 Å². The van der Waals surface area contributed by atoms with E-state index in [1.165, 1.54) is 12.4 Å². The Labute approximate surface area is 159 Å². The van der Waals surface area contributed by atoms with Gasteiger partial charge in [-0.3, -0.25) is 9.78 Å². The molecule has 0 aliphatic heterocycles. The number of rotatable bonds is 2. The van der Waals surface area contributed by atoms with E-state index >= 15 is 0 Å². The SMILES string of the molecule is CC(C)(C)OC(=O)N(C(=O)OC(C)(C)C)c1cnc(C2CCC(=O)C2)cn1. The van der Waals surface area contributed by atoms with Crippen LogP contribution in [0, 0.1) is 0 Å². The summed E-state index contributed by atoms with van der Waals surface area (Å²) in [4.78, 5) is 45.8. The van der Waals surface area contributed by atoms with Crippen molar-refractivity contribution in [1.82, 2.24) is 9.97 Å². The number of hydrogen-bond donors (Lipinski definition) is 0. The molecule has 0 N–H and O–H groups in total. The van der Waals surface area contributed by atoms with E-state index in [4.69, 9.17) is 9.47 Å². The standard InChI is InChI=1S/C19H27N3O5/c1-18(2,3)26-16(24)22(17(25)27-19(4,5)6)15-11-20-14(10-21-15)12-7-8-13(23)9-12/h10-12H,7-9H2,1-6H3. The monoisotopic (exact) mass is 377 g/mol. The van der Waals surface area contributed by atoms with E-state index in [0.29, 0.717) is 18.5 Å². The molecule has 148 valence electrons. The summed E-state index contributed by atoms with van der Waals surface area (Å²) >= 11 is 0. The molecule has 0 spiro atoms. The fourth-order valence-electron chi connectivity index (χ4n) is 2.60. The number of imide groups is 1. The van der Waals surface area contributed by atoms with Gasteiger partial charge in [0.05, 0.1) is 18.1 Å². The van der Waals surface area contributed by atoms with Gasteiger partial charge in [-0.25, -0.2) is 14.6 Å². The predicted molar refractivity (Wildman–Crippen MR) is 98.6 cm³/mol. The van der Waals surface area contributed by atoms with Gasteiger partial charge >= 0.3 is 12.2 Å². The minimum Gasteiger partial charge on any atom is -0.443 e. The summed E-state index contributed by atoms with van der Waals surface area (Å²) in [6.45, 7) is 10.2. The van der Waals surface area contributed by atoms with Crippen LogP contribution < -0.4 is 4.90 Å². The van der Waals surface area contributed by atoms with Crippen molar-refractivity contribution in [3.8, 4) is 0 Å².